The number of anilines is 2. The third kappa shape index (κ3) is 3.58. The maximum atomic E-state index is 4.74. The molecule has 106 valence electrons. The van der Waals surface area contributed by atoms with Crippen molar-refractivity contribution in [3.8, 4) is 0 Å². The van der Waals surface area contributed by atoms with Crippen LogP contribution >= 0.6 is 0 Å². The number of hydrogen-bond acceptors (Lipinski definition) is 4. The van der Waals surface area contributed by atoms with Crippen molar-refractivity contribution in [3.05, 3.63) is 11.3 Å². The topological polar surface area (TPSA) is 41.1 Å². The number of aromatic nitrogens is 2. The number of hydrogen-bond donors (Lipinski definition) is 1. The van der Waals surface area contributed by atoms with Crippen LogP contribution in [0.1, 0.15) is 50.3 Å². The maximum Gasteiger partial charge on any atom is 0.227 e. The van der Waals surface area contributed by atoms with Crippen molar-refractivity contribution in [3.63, 3.8) is 0 Å². The van der Waals surface area contributed by atoms with Crippen LogP contribution in [0.25, 0.3) is 0 Å². The van der Waals surface area contributed by atoms with E-state index in [1.54, 1.807) is 0 Å². The van der Waals surface area contributed by atoms with E-state index in [1.165, 1.54) is 31.2 Å². The van der Waals surface area contributed by atoms with E-state index in [4.69, 9.17) is 4.98 Å². The van der Waals surface area contributed by atoms with Crippen LogP contribution in [0.3, 0.4) is 0 Å². The summed E-state index contributed by atoms with van der Waals surface area (Å²) < 4.78 is 0. The Hall–Kier alpha value is -1.32. The van der Waals surface area contributed by atoms with Gasteiger partial charge in [0.05, 0.1) is 0 Å². The van der Waals surface area contributed by atoms with Gasteiger partial charge in [-0.3, -0.25) is 0 Å². The minimum atomic E-state index is 0.906. The zero-order valence-electron chi connectivity index (χ0n) is 12.5. The lowest BCUT2D eigenvalue weighted by molar-refractivity contribution is 0.726. The Morgan fingerprint density at radius 1 is 1.05 bits per heavy atom. The first-order valence-corrected chi connectivity index (χ1v) is 7.56. The highest BCUT2D eigenvalue weighted by Gasteiger charge is 2.15. The van der Waals surface area contributed by atoms with Crippen molar-refractivity contribution >= 4 is 11.8 Å². The summed E-state index contributed by atoms with van der Waals surface area (Å²) >= 11 is 0. The molecular weight excluding hydrogens is 236 g/mol. The summed E-state index contributed by atoms with van der Waals surface area (Å²) in [7, 11) is 0. The van der Waals surface area contributed by atoms with Crippen molar-refractivity contribution in [1.82, 2.24) is 9.97 Å². The molecule has 2 rings (SSSR count). The molecule has 0 unspecified atom stereocenters. The van der Waals surface area contributed by atoms with E-state index >= 15 is 0 Å². The summed E-state index contributed by atoms with van der Waals surface area (Å²) in [5.74, 6) is 1.91. The van der Waals surface area contributed by atoms with Crippen LogP contribution in [-0.2, 0) is 0 Å². The fraction of sp³-hybridized carbons (Fsp3) is 0.733. The second-order valence-electron chi connectivity index (χ2n) is 5.41. The molecular formula is C15H26N4. The van der Waals surface area contributed by atoms with E-state index in [0.29, 0.717) is 0 Å². The maximum absolute atomic E-state index is 4.74. The Kier molecular flexibility index (Phi) is 5.00. The van der Waals surface area contributed by atoms with Crippen molar-refractivity contribution in [2.45, 2.75) is 52.9 Å². The fourth-order valence-electron chi connectivity index (χ4n) is 2.44. The van der Waals surface area contributed by atoms with Crippen molar-refractivity contribution in [1.29, 1.82) is 0 Å². The smallest absolute Gasteiger partial charge is 0.227 e. The molecule has 1 aromatic heterocycles. The molecule has 19 heavy (non-hydrogen) atoms. The molecule has 0 bridgehead atoms. The minimum absolute atomic E-state index is 0.906. The Morgan fingerprint density at radius 3 is 2.37 bits per heavy atom. The second kappa shape index (κ2) is 6.73. The van der Waals surface area contributed by atoms with Crippen LogP contribution in [-0.4, -0.2) is 29.6 Å². The summed E-state index contributed by atoms with van der Waals surface area (Å²) in [6, 6.07) is 0. The average molecular weight is 262 g/mol. The van der Waals surface area contributed by atoms with Gasteiger partial charge in [0, 0.05) is 30.9 Å². The number of nitrogens with one attached hydrogen (secondary N) is 1. The highest BCUT2D eigenvalue weighted by molar-refractivity contribution is 5.50. The largest absolute Gasteiger partial charge is 0.370 e. The summed E-state index contributed by atoms with van der Waals surface area (Å²) in [6.07, 6.45) is 6.30. The molecule has 4 nitrogen and oxygen atoms in total. The zero-order chi connectivity index (χ0) is 13.7. The van der Waals surface area contributed by atoms with Crippen LogP contribution < -0.4 is 10.2 Å². The molecule has 1 N–H and O–H groups in total. The fourth-order valence-corrected chi connectivity index (χ4v) is 2.44. The van der Waals surface area contributed by atoms with Gasteiger partial charge in [0.15, 0.2) is 0 Å². The van der Waals surface area contributed by atoms with Gasteiger partial charge in [-0.2, -0.15) is 4.98 Å². The minimum Gasteiger partial charge on any atom is -0.370 e. The van der Waals surface area contributed by atoms with Gasteiger partial charge in [0.2, 0.25) is 5.95 Å². The van der Waals surface area contributed by atoms with Crippen LogP contribution in [0.15, 0.2) is 0 Å². The predicted molar refractivity (Wildman–Crippen MR) is 81.0 cm³/mol. The number of rotatable bonds is 4. The predicted octanol–water partition coefficient (Wildman–Crippen LogP) is 3.30. The summed E-state index contributed by atoms with van der Waals surface area (Å²) in [5.41, 5.74) is 2.26. The van der Waals surface area contributed by atoms with E-state index in [-0.39, 0.29) is 0 Å². The number of nitrogens with zero attached hydrogens (tertiary/aromatic N) is 3. The van der Waals surface area contributed by atoms with Gasteiger partial charge in [0.1, 0.15) is 5.82 Å². The van der Waals surface area contributed by atoms with Crippen LogP contribution in [0.4, 0.5) is 11.8 Å². The lowest BCUT2D eigenvalue weighted by Gasteiger charge is -2.22. The van der Waals surface area contributed by atoms with E-state index in [0.717, 1.165) is 43.5 Å². The van der Waals surface area contributed by atoms with Gasteiger partial charge in [0.25, 0.3) is 0 Å². The van der Waals surface area contributed by atoms with Crippen molar-refractivity contribution in [2.75, 3.05) is 29.9 Å². The van der Waals surface area contributed by atoms with Crippen LogP contribution in [0.2, 0.25) is 0 Å². The molecule has 0 aliphatic carbocycles. The second-order valence-corrected chi connectivity index (χ2v) is 5.41. The SMILES string of the molecule is CCCNc1nc(N2CCCCCC2)nc(C)c1C. The van der Waals surface area contributed by atoms with Crippen LogP contribution in [0, 0.1) is 13.8 Å². The first kappa shape index (κ1) is 14.1. The first-order chi connectivity index (χ1) is 9.22. The molecule has 1 fully saturated rings. The third-order valence-electron chi connectivity index (χ3n) is 3.81. The lowest BCUT2D eigenvalue weighted by atomic mass is 10.2. The average Bonchev–Trinajstić information content (AvgIpc) is 2.69. The van der Waals surface area contributed by atoms with Crippen molar-refractivity contribution in [2.24, 2.45) is 0 Å². The Labute approximate surface area is 116 Å². The first-order valence-electron chi connectivity index (χ1n) is 7.56. The molecule has 1 aromatic rings. The molecule has 1 saturated heterocycles. The molecule has 0 saturated carbocycles. The molecule has 0 spiro atoms. The highest BCUT2D eigenvalue weighted by atomic mass is 15.3. The van der Waals surface area contributed by atoms with Gasteiger partial charge < -0.3 is 10.2 Å². The normalized spacial score (nSPS) is 16.3. The monoisotopic (exact) mass is 262 g/mol. The highest BCUT2D eigenvalue weighted by Crippen LogP contribution is 2.21. The van der Waals surface area contributed by atoms with E-state index < -0.39 is 0 Å². The van der Waals surface area contributed by atoms with Gasteiger partial charge in [-0.1, -0.05) is 19.8 Å². The molecule has 0 radical (unpaired) electrons. The summed E-state index contributed by atoms with van der Waals surface area (Å²) in [4.78, 5) is 11.8. The molecule has 0 amide bonds. The molecule has 2 heterocycles. The van der Waals surface area contributed by atoms with Crippen molar-refractivity contribution < 1.29 is 0 Å². The summed E-state index contributed by atoms with van der Waals surface area (Å²) in [5, 5.41) is 3.42. The summed E-state index contributed by atoms with van der Waals surface area (Å²) in [6.45, 7) is 9.50. The standard InChI is InChI=1S/C15H26N4/c1-4-9-16-14-12(2)13(3)17-15(18-14)19-10-7-5-6-8-11-19/h4-11H2,1-3H3,(H,16,17,18). The van der Waals surface area contributed by atoms with Gasteiger partial charge in [-0.15, -0.1) is 0 Å². The molecule has 4 heteroatoms. The quantitative estimate of drug-likeness (QED) is 0.904. The molecule has 1 aliphatic heterocycles. The third-order valence-corrected chi connectivity index (χ3v) is 3.81. The van der Waals surface area contributed by atoms with Gasteiger partial charge >= 0.3 is 0 Å². The van der Waals surface area contributed by atoms with Crippen LogP contribution in [0.5, 0.6) is 0 Å². The van der Waals surface area contributed by atoms with Gasteiger partial charge in [-0.05, 0) is 33.1 Å². The Bertz CT molecular complexity index is 409. The number of aryl methyl sites for hydroxylation is 1. The molecule has 0 aromatic carbocycles. The van der Waals surface area contributed by atoms with E-state index in [2.05, 4.69) is 36.0 Å². The Morgan fingerprint density at radius 2 is 1.74 bits per heavy atom. The molecule has 0 atom stereocenters. The lowest BCUT2D eigenvalue weighted by Crippen LogP contribution is -2.27. The van der Waals surface area contributed by atoms with E-state index in [9.17, 15) is 0 Å². The zero-order valence-corrected chi connectivity index (χ0v) is 12.5. The molecule has 1 aliphatic rings. The van der Waals surface area contributed by atoms with Gasteiger partial charge in [-0.25, -0.2) is 4.98 Å². The van der Waals surface area contributed by atoms with E-state index in [1.807, 2.05) is 0 Å². The Balaban J connectivity index is 2.21.